The molecule has 8 N–H and O–H groups in total. The van der Waals surface area contributed by atoms with Gasteiger partial charge in [-0.2, -0.15) is 0 Å². The molecule has 12 nitrogen and oxygen atoms in total. The highest BCUT2D eigenvalue weighted by molar-refractivity contribution is 5.73. The summed E-state index contributed by atoms with van der Waals surface area (Å²) < 4.78 is 10.5. The van der Waals surface area contributed by atoms with Crippen molar-refractivity contribution in [3.63, 3.8) is 0 Å². The van der Waals surface area contributed by atoms with Crippen LogP contribution in [0.5, 0.6) is 0 Å². The summed E-state index contributed by atoms with van der Waals surface area (Å²) >= 11 is 0. The molecule has 1 aliphatic rings. The van der Waals surface area contributed by atoms with E-state index in [1.807, 2.05) is 0 Å². The second-order valence-electron chi connectivity index (χ2n) is 5.90. The minimum absolute atomic E-state index is 0.00299. The van der Waals surface area contributed by atoms with Crippen LogP contribution in [0.4, 0.5) is 0 Å². The van der Waals surface area contributed by atoms with E-state index in [-0.39, 0.29) is 6.29 Å². The lowest BCUT2D eigenvalue weighted by atomic mass is 9.96. The number of nitrogens with one attached hydrogen (secondary N) is 1. The van der Waals surface area contributed by atoms with Gasteiger partial charge in [0.15, 0.2) is 12.6 Å². The van der Waals surface area contributed by atoms with E-state index in [0.717, 1.165) is 6.92 Å². The van der Waals surface area contributed by atoms with Gasteiger partial charge in [-0.1, -0.05) is 0 Å². The van der Waals surface area contributed by atoms with Crippen LogP contribution in [0.1, 0.15) is 6.92 Å². The number of aldehydes is 1. The molecule has 0 radical (unpaired) electrons. The van der Waals surface area contributed by atoms with E-state index in [4.69, 9.17) is 14.6 Å². The number of hydrogen-bond donors (Lipinski definition) is 8. The summed E-state index contributed by atoms with van der Waals surface area (Å²) in [5.41, 5.74) is 0. The highest BCUT2D eigenvalue weighted by Gasteiger charge is 2.47. The molecule has 1 aliphatic heterocycles. The fraction of sp³-hybridized carbons (Fsp3) is 0.857. The maximum Gasteiger partial charge on any atom is 0.217 e. The summed E-state index contributed by atoms with van der Waals surface area (Å²) in [6.07, 6.45) is -13.6. The topological polar surface area (TPSA) is 206 Å². The molecule has 1 fully saturated rings. The summed E-state index contributed by atoms with van der Waals surface area (Å²) in [4.78, 5) is 22.2. The fourth-order valence-electron chi connectivity index (χ4n) is 2.51. The summed E-state index contributed by atoms with van der Waals surface area (Å²) in [5, 5.41) is 69.6. The lowest BCUT2D eigenvalue weighted by Gasteiger charge is -2.44. The van der Waals surface area contributed by atoms with E-state index in [2.05, 4.69) is 5.32 Å². The van der Waals surface area contributed by atoms with E-state index in [0.29, 0.717) is 0 Å². The largest absolute Gasteiger partial charge is 0.394 e. The van der Waals surface area contributed by atoms with Crippen molar-refractivity contribution in [3.8, 4) is 0 Å². The maximum atomic E-state index is 11.3. The minimum atomic E-state index is -1.95. The van der Waals surface area contributed by atoms with Gasteiger partial charge in [0.2, 0.25) is 5.91 Å². The third-order valence-electron chi connectivity index (χ3n) is 3.94. The molecule has 0 bridgehead atoms. The number of ether oxygens (including phenoxy) is 2. The molecule has 0 spiro atoms. The average molecular weight is 383 g/mol. The van der Waals surface area contributed by atoms with Crippen LogP contribution in [0.3, 0.4) is 0 Å². The standard InChI is InChI=1S/C14H25NO11/c1-5(19)15-9-12(24)11(23)8(4-18)25-14(9)26-13(7(21)3-17)10(22)6(20)2-16/h3,6-14,16,18,20-24H,2,4H2,1H3,(H,15,19)/t6-,7+,8-,9-,10+,11-,12-,13-,14-/m1/s1. The third kappa shape index (κ3) is 5.39. The Balaban J connectivity index is 3.09. The van der Waals surface area contributed by atoms with Gasteiger partial charge in [-0.3, -0.25) is 4.79 Å². The molecule has 1 rings (SSSR count). The van der Waals surface area contributed by atoms with Gasteiger partial charge in [0.1, 0.15) is 48.8 Å². The summed E-state index contributed by atoms with van der Waals surface area (Å²) in [7, 11) is 0. The lowest BCUT2D eigenvalue weighted by molar-refractivity contribution is -0.299. The number of amides is 1. The van der Waals surface area contributed by atoms with Crippen molar-refractivity contribution in [2.75, 3.05) is 13.2 Å². The highest BCUT2D eigenvalue weighted by Crippen LogP contribution is 2.25. The number of carbonyl (C=O) groups excluding carboxylic acids is 2. The fourth-order valence-corrected chi connectivity index (χ4v) is 2.51. The molecule has 152 valence electrons. The van der Waals surface area contributed by atoms with E-state index >= 15 is 0 Å². The van der Waals surface area contributed by atoms with E-state index in [1.165, 1.54) is 0 Å². The Labute approximate surface area is 148 Å². The van der Waals surface area contributed by atoms with Gasteiger partial charge < -0.3 is 55.3 Å². The molecule has 1 heterocycles. The van der Waals surface area contributed by atoms with Crippen molar-refractivity contribution in [1.82, 2.24) is 5.32 Å². The van der Waals surface area contributed by atoms with Crippen LogP contribution in [0, 0.1) is 0 Å². The third-order valence-corrected chi connectivity index (χ3v) is 3.94. The zero-order valence-electron chi connectivity index (χ0n) is 14.0. The van der Waals surface area contributed by atoms with Crippen LogP contribution < -0.4 is 5.32 Å². The Hall–Kier alpha value is -1.22. The Morgan fingerprint density at radius 2 is 1.85 bits per heavy atom. The number of rotatable bonds is 9. The van der Waals surface area contributed by atoms with Crippen LogP contribution >= 0.6 is 0 Å². The van der Waals surface area contributed by atoms with Gasteiger partial charge in [0.05, 0.1) is 13.2 Å². The highest BCUT2D eigenvalue weighted by atomic mass is 16.7. The second kappa shape index (κ2) is 10.2. The molecule has 0 aliphatic carbocycles. The maximum absolute atomic E-state index is 11.3. The van der Waals surface area contributed by atoms with E-state index in [1.54, 1.807) is 0 Å². The van der Waals surface area contributed by atoms with E-state index < -0.39 is 74.2 Å². The zero-order valence-corrected chi connectivity index (χ0v) is 14.0. The molecule has 0 aromatic heterocycles. The van der Waals surface area contributed by atoms with Gasteiger partial charge in [-0.15, -0.1) is 0 Å². The molecule has 0 saturated carbocycles. The first-order chi connectivity index (χ1) is 12.2. The normalized spacial score (nSPS) is 33.8. The van der Waals surface area contributed by atoms with Gasteiger partial charge >= 0.3 is 0 Å². The summed E-state index contributed by atoms with van der Waals surface area (Å²) in [6, 6.07) is -1.38. The summed E-state index contributed by atoms with van der Waals surface area (Å²) in [6.45, 7) is -0.530. The van der Waals surface area contributed by atoms with Crippen LogP contribution in [0.25, 0.3) is 0 Å². The van der Waals surface area contributed by atoms with Crippen LogP contribution in [-0.4, -0.2) is 116 Å². The Morgan fingerprint density at radius 3 is 2.31 bits per heavy atom. The van der Waals surface area contributed by atoms with Crippen LogP contribution in [0.2, 0.25) is 0 Å². The van der Waals surface area contributed by atoms with Gasteiger partial charge in [0, 0.05) is 6.92 Å². The second-order valence-corrected chi connectivity index (χ2v) is 5.90. The quantitative estimate of drug-likeness (QED) is 0.176. The Kier molecular flexibility index (Phi) is 8.95. The molecule has 9 atom stereocenters. The molecule has 12 heteroatoms. The van der Waals surface area contributed by atoms with Crippen molar-refractivity contribution < 1.29 is 54.8 Å². The van der Waals surface area contributed by atoms with Gasteiger partial charge in [0.25, 0.3) is 0 Å². The first-order valence-corrected chi connectivity index (χ1v) is 7.83. The van der Waals surface area contributed by atoms with Crippen molar-refractivity contribution in [2.45, 2.75) is 62.0 Å². The van der Waals surface area contributed by atoms with Crippen molar-refractivity contribution in [1.29, 1.82) is 0 Å². The average Bonchev–Trinajstić information content (AvgIpc) is 2.62. The number of aliphatic hydroxyl groups is 7. The smallest absolute Gasteiger partial charge is 0.217 e. The van der Waals surface area contributed by atoms with Crippen molar-refractivity contribution in [2.24, 2.45) is 0 Å². The van der Waals surface area contributed by atoms with Gasteiger partial charge in [-0.25, -0.2) is 0 Å². The van der Waals surface area contributed by atoms with Gasteiger partial charge in [-0.05, 0) is 0 Å². The Bertz CT molecular complexity index is 464. The van der Waals surface area contributed by atoms with Crippen molar-refractivity contribution >= 4 is 12.2 Å². The molecule has 0 aromatic rings. The first kappa shape index (κ1) is 22.8. The molecular weight excluding hydrogens is 358 g/mol. The van der Waals surface area contributed by atoms with Crippen molar-refractivity contribution in [3.05, 3.63) is 0 Å². The van der Waals surface area contributed by atoms with Crippen LogP contribution in [0.15, 0.2) is 0 Å². The molecule has 1 saturated heterocycles. The summed E-state index contributed by atoms with van der Waals surface area (Å²) in [5.74, 6) is -0.635. The molecule has 0 aromatic carbocycles. The lowest BCUT2D eigenvalue weighted by Crippen LogP contribution is -2.66. The Morgan fingerprint density at radius 1 is 1.23 bits per heavy atom. The molecule has 0 unspecified atom stereocenters. The number of carbonyl (C=O) groups is 2. The molecule has 1 amide bonds. The number of aliphatic hydroxyl groups excluding tert-OH is 7. The SMILES string of the molecule is CC(=O)N[C@H]1[C@@H](O[C@@H]([C@@H](O)[C@H](O)CO)[C@@H](O)C=O)O[C@H](CO)[C@@H](O)[C@@H]1O. The predicted molar refractivity (Wildman–Crippen MR) is 81.4 cm³/mol. The monoisotopic (exact) mass is 383 g/mol. The predicted octanol–water partition coefficient (Wildman–Crippen LogP) is -5.41. The molecule has 26 heavy (non-hydrogen) atoms. The minimum Gasteiger partial charge on any atom is -0.394 e. The van der Waals surface area contributed by atoms with Crippen LogP contribution in [-0.2, 0) is 19.1 Å². The first-order valence-electron chi connectivity index (χ1n) is 7.83. The number of hydrogen-bond acceptors (Lipinski definition) is 11. The van der Waals surface area contributed by atoms with E-state index in [9.17, 15) is 40.2 Å². The zero-order chi connectivity index (χ0) is 20.0. The molecular formula is C14H25NO11.